The second-order valence-corrected chi connectivity index (χ2v) is 7.90. The van der Waals surface area contributed by atoms with Crippen LogP contribution in [0, 0.1) is 0 Å². The Bertz CT molecular complexity index is 1080. The summed E-state index contributed by atoms with van der Waals surface area (Å²) in [7, 11) is 0. The third-order valence-corrected chi connectivity index (χ3v) is 5.65. The molecular weight excluding hydrogens is 460 g/mol. The minimum Gasteiger partial charge on any atom is -0.508 e. The van der Waals surface area contributed by atoms with E-state index in [1.165, 1.54) is 0 Å². The van der Waals surface area contributed by atoms with Crippen LogP contribution in [0.15, 0.2) is 24.3 Å². The van der Waals surface area contributed by atoms with E-state index in [1.54, 1.807) is 0 Å². The Hall–Kier alpha value is -3.33. The van der Waals surface area contributed by atoms with Gasteiger partial charge in [0.15, 0.2) is 35.7 Å². The third kappa shape index (κ3) is 3.94. The molecule has 13 heteroatoms. The number of fused-ring (bicyclic) bond motifs is 1. The number of aromatic hydroxyl groups is 5. The molecule has 0 spiro atoms. The zero-order valence-electron chi connectivity index (χ0n) is 17.2. The quantitative estimate of drug-likeness (QED) is 0.232. The maximum absolute atomic E-state index is 13.3. The molecule has 7 atom stereocenters. The molecular formula is C21H22O13. The molecule has 2 aromatic rings. The number of aliphatic hydroxyl groups is 4. The van der Waals surface area contributed by atoms with Crippen molar-refractivity contribution in [1.29, 1.82) is 0 Å². The molecule has 0 radical (unpaired) electrons. The van der Waals surface area contributed by atoms with Gasteiger partial charge in [-0.1, -0.05) is 0 Å². The molecule has 0 amide bonds. The molecule has 0 aromatic heterocycles. The number of benzene rings is 2. The molecule has 34 heavy (non-hydrogen) atoms. The summed E-state index contributed by atoms with van der Waals surface area (Å²) in [5.41, 5.74) is -0.486. The molecule has 1 fully saturated rings. The molecule has 2 aliphatic heterocycles. The van der Waals surface area contributed by atoms with Crippen LogP contribution in [0.1, 0.15) is 22.0 Å². The Labute approximate surface area is 190 Å². The highest BCUT2D eigenvalue weighted by Crippen LogP contribution is 2.46. The van der Waals surface area contributed by atoms with Gasteiger partial charge in [-0.05, 0) is 12.1 Å². The molecule has 0 aliphatic carbocycles. The van der Waals surface area contributed by atoms with Gasteiger partial charge >= 0.3 is 0 Å². The smallest absolute Gasteiger partial charge is 0.203 e. The molecule has 2 heterocycles. The first-order valence-electron chi connectivity index (χ1n) is 10.0. The summed E-state index contributed by atoms with van der Waals surface area (Å²) < 4.78 is 16.6. The van der Waals surface area contributed by atoms with Crippen LogP contribution in [0.5, 0.6) is 34.5 Å². The van der Waals surface area contributed by atoms with Crippen molar-refractivity contribution in [3.05, 3.63) is 35.4 Å². The van der Waals surface area contributed by atoms with Gasteiger partial charge in [0.1, 0.15) is 47.2 Å². The molecule has 1 saturated heterocycles. The number of carbonyl (C=O) groups is 1. The van der Waals surface area contributed by atoms with Crippen LogP contribution in [-0.4, -0.2) is 95.2 Å². The van der Waals surface area contributed by atoms with Gasteiger partial charge in [0.05, 0.1) is 6.61 Å². The van der Waals surface area contributed by atoms with Crippen molar-refractivity contribution in [3.8, 4) is 34.5 Å². The maximum Gasteiger partial charge on any atom is 0.203 e. The van der Waals surface area contributed by atoms with Crippen molar-refractivity contribution in [2.75, 3.05) is 6.61 Å². The van der Waals surface area contributed by atoms with Crippen molar-refractivity contribution in [2.45, 2.75) is 42.9 Å². The molecule has 2 aromatic carbocycles. The average molecular weight is 482 g/mol. The van der Waals surface area contributed by atoms with Crippen LogP contribution in [-0.2, 0) is 9.47 Å². The predicted octanol–water partition coefficient (Wildman–Crippen LogP) is -1.28. The van der Waals surface area contributed by atoms with Crippen molar-refractivity contribution in [1.82, 2.24) is 0 Å². The first kappa shape index (κ1) is 23.8. The van der Waals surface area contributed by atoms with E-state index in [2.05, 4.69) is 0 Å². The SMILES string of the molecule is O=C1c2c(O)cc(O)cc2O[C@H](c2cc(O)c(O)c(O)c2)[C@@H]1O[C@@H]1O[C@H](CO)[C@@H](O)[C@H](O)[C@H]1O. The van der Waals surface area contributed by atoms with Crippen LogP contribution in [0.4, 0.5) is 0 Å². The summed E-state index contributed by atoms with van der Waals surface area (Å²) in [5, 5.41) is 89.2. The average Bonchev–Trinajstić information content (AvgIpc) is 2.78. The Morgan fingerprint density at radius 1 is 0.853 bits per heavy atom. The summed E-state index contributed by atoms with van der Waals surface area (Å²) in [4.78, 5) is 13.3. The maximum atomic E-state index is 13.3. The molecule has 0 unspecified atom stereocenters. The fourth-order valence-corrected chi connectivity index (χ4v) is 3.90. The van der Waals surface area contributed by atoms with Gasteiger partial charge in [0.25, 0.3) is 0 Å². The lowest BCUT2D eigenvalue weighted by Crippen LogP contribution is -2.60. The Kier molecular flexibility index (Phi) is 6.16. The molecule has 9 N–H and O–H groups in total. The van der Waals surface area contributed by atoms with E-state index in [0.29, 0.717) is 0 Å². The Balaban J connectivity index is 1.77. The van der Waals surface area contributed by atoms with Crippen LogP contribution < -0.4 is 4.74 Å². The van der Waals surface area contributed by atoms with Gasteiger partial charge in [-0.3, -0.25) is 4.79 Å². The number of carbonyl (C=O) groups excluding carboxylic acids is 1. The fourth-order valence-electron chi connectivity index (χ4n) is 3.90. The van der Waals surface area contributed by atoms with Gasteiger partial charge in [-0.25, -0.2) is 0 Å². The Morgan fingerprint density at radius 3 is 2.12 bits per heavy atom. The standard InChI is InChI=1S/C21H22O13/c22-5-12-15(28)17(30)18(31)21(33-12)34-20-16(29)13-8(24)3-7(23)4-11(13)32-19(20)6-1-9(25)14(27)10(26)2-6/h1-4,12,15,17-28,30-31H,5H2/t12-,15-,17+,18-,19-,20-,21+/m1/s1. The first-order chi connectivity index (χ1) is 16.0. The van der Waals surface area contributed by atoms with E-state index in [-0.39, 0.29) is 11.3 Å². The lowest BCUT2D eigenvalue weighted by molar-refractivity contribution is -0.311. The van der Waals surface area contributed by atoms with Gasteiger partial charge < -0.3 is 60.2 Å². The fraction of sp³-hybridized carbons (Fsp3) is 0.381. The molecule has 184 valence electrons. The lowest BCUT2D eigenvalue weighted by Gasteiger charge is -2.42. The number of rotatable bonds is 4. The number of aliphatic hydroxyl groups excluding tert-OH is 4. The third-order valence-electron chi connectivity index (χ3n) is 5.65. The summed E-state index contributed by atoms with van der Waals surface area (Å²) >= 11 is 0. The van der Waals surface area contributed by atoms with Crippen LogP contribution in [0.2, 0.25) is 0 Å². The predicted molar refractivity (Wildman–Crippen MR) is 108 cm³/mol. The molecule has 0 saturated carbocycles. The Morgan fingerprint density at radius 2 is 1.50 bits per heavy atom. The van der Waals surface area contributed by atoms with Gasteiger partial charge in [-0.15, -0.1) is 0 Å². The molecule has 2 aliphatic rings. The zero-order valence-corrected chi connectivity index (χ0v) is 17.2. The summed E-state index contributed by atoms with van der Waals surface area (Å²) in [6.45, 7) is -0.758. The number of hydrogen-bond acceptors (Lipinski definition) is 13. The number of ketones is 1. The van der Waals surface area contributed by atoms with E-state index >= 15 is 0 Å². The minimum absolute atomic E-state index is 0.0933. The number of Topliss-reactive ketones (excluding diaryl/α,β-unsaturated/α-hetero) is 1. The normalized spacial score (nSPS) is 31.1. The number of phenols is 5. The summed E-state index contributed by atoms with van der Waals surface area (Å²) in [5.74, 6) is -4.65. The van der Waals surface area contributed by atoms with E-state index in [4.69, 9.17) is 14.2 Å². The van der Waals surface area contributed by atoms with Crippen LogP contribution in [0.25, 0.3) is 0 Å². The topological polar surface area (TPSA) is 227 Å². The highest BCUT2D eigenvalue weighted by atomic mass is 16.7. The van der Waals surface area contributed by atoms with E-state index in [1.807, 2.05) is 0 Å². The van der Waals surface area contributed by atoms with Gasteiger partial charge in [0.2, 0.25) is 5.78 Å². The number of ether oxygens (including phenoxy) is 3. The summed E-state index contributed by atoms with van der Waals surface area (Å²) in [6.07, 6.45) is -11.7. The first-order valence-corrected chi connectivity index (χ1v) is 10.0. The van der Waals surface area contributed by atoms with Crippen molar-refractivity contribution in [2.24, 2.45) is 0 Å². The van der Waals surface area contributed by atoms with Crippen LogP contribution in [0.3, 0.4) is 0 Å². The van der Waals surface area contributed by atoms with Gasteiger partial charge in [-0.2, -0.15) is 0 Å². The second-order valence-electron chi connectivity index (χ2n) is 7.90. The van der Waals surface area contributed by atoms with Crippen molar-refractivity contribution < 1.29 is 65.0 Å². The largest absolute Gasteiger partial charge is 0.508 e. The number of hydrogen-bond donors (Lipinski definition) is 9. The van der Waals surface area contributed by atoms with Crippen molar-refractivity contribution >= 4 is 5.78 Å². The zero-order chi connectivity index (χ0) is 24.9. The summed E-state index contributed by atoms with van der Waals surface area (Å²) in [6, 6.07) is 3.84. The second kappa shape index (κ2) is 8.79. The number of phenolic OH excluding ortho intramolecular Hbond substituents is 5. The van der Waals surface area contributed by atoms with E-state index in [9.17, 15) is 50.8 Å². The van der Waals surface area contributed by atoms with Gasteiger partial charge in [0, 0.05) is 17.7 Å². The van der Waals surface area contributed by atoms with E-state index in [0.717, 1.165) is 24.3 Å². The molecule has 4 rings (SSSR count). The van der Waals surface area contributed by atoms with E-state index < -0.39 is 89.6 Å². The minimum atomic E-state index is -1.87. The van der Waals surface area contributed by atoms with Crippen LogP contribution >= 0.6 is 0 Å². The van der Waals surface area contributed by atoms with Crippen molar-refractivity contribution in [3.63, 3.8) is 0 Å². The molecule has 13 nitrogen and oxygen atoms in total. The lowest BCUT2D eigenvalue weighted by atomic mass is 9.91. The molecule has 0 bridgehead atoms. The monoisotopic (exact) mass is 482 g/mol. The highest BCUT2D eigenvalue weighted by Gasteiger charge is 2.49. The highest BCUT2D eigenvalue weighted by molar-refractivity contribution is 6.05.